The second-order valence-electron chi connectivity index (χ2n) is 5.35. The van der Waals surface area contributed by atoms with E-state index in [-0.39, 0.29) is 17.6 Å². The first-order valence-electron chi connectivity index (χ1n) is 6.73. The summed E-state index contributed by atoms with van der Waals surface area (Å²) in [5.41, 5.74) is -0.221. The van der Waals surface area contributed by atoms with Gasteiger partial charge in [-0.1, -0.05) is 20.3 Å². The van der Waals surface area contributed by atoms with Gasteiger partial charge in [-0.25, -0.2) is 4.79 Å². The van der Waals surface area contributed by atoms with E-state index >= 15 is 0 Å². The zero-order chi connectivity index (χ0) is 13.8. The average Bonchev–Trinajstić information content (AvgIpc) is 2.76. The third-order valence-corrected chi connectivity index (χ3v) is 4.13. The van der Waals surface area contributed by atoms with Crippen LogP contribution in [0.1, 0.15) is 52.9 Å². The van der Waals surface area contributed by atoms with Gasteiger partial charge in [-0.05, 0) is 32.6 Å². The second-order valence-corrected chi connectivity index (χ2v) is 5.35. The number of carbonyl (C=O) groups is 2. The molecule has 0 spiro atoms. The number of nitrogens with one attached hydrogen (secondary N) is 2. The summed E-state index contributed by atoms with van der Waals surface area (Å²) in [4.78, 5) is 22.9. The maximum absolute atomic E-state index is 11.9. The smallest absolute Gasteiger partial charge is 0.315 e. The van der Waals surface area contributed by atoms with E-state index in [1.165, 1.54) is 0 Å². The van der Waals surface area contributed by atoms with Crippen molar-refractivity contribution in [2.45, 2.75) is 64.5 Å². The van der Waals surface area contributed by atoms with Crippen molar-refractivity contribution in [3.63, 3.8) is 0 Å². The summed E-state index contributed by atoms with van der Waals surface area (Å²) in [6.07, 6.45) is 3.97. The van der Waals surface area contributed by atoms with Crippen LogP contribution in [0.3, 0.4) is 0 Å². The minimum absolute atomic E-state index is 0.221. The zero-order valence-electron chi connectivity index (χ0n) is 11.5. The number of carboxylic acid groups (broad SMARTS) is 1. The monoisotopic (exact) mass is 256 g/mol. The lowest BCUT2D eigenvalue weighted by Gasteiger charge is -2.29. The Morgan fingerprint density at radius 3 is 2.39 bits per heavy atom. The number of amides is 2. The highest BCUT2D eigenvalue weighted by atomic mass is 16.4. The molecule has 1 aliphatic rings. The first-order chi connectivity index (χ1) is 8.41. The molecule has 1 saturated carbocycles. The van der Waals surface area contributed by atoms with Crippen molar-refractivity contribution in [3.05, 3.63) is 0 Å². The summed E-state index contributed by atoms with van der Waals surface area (Å²) in [5, 5.41) is 14.8. The van der Waals surface area contributed by atoms with Crippen molar-refractivity contribution in [2.24, 2.45) is 5.92 Å². The Hall–Kier alpha value is -1.26. The molecule has 3 N–H and O–H groups in total. The molecule has 1 aliphatic carbocycles. The Labute approximate surface area is 108 Å². The molecule has 2 amide bonds. The molecule has 5 heteroatoms. The number of aliphatic carboxylic acids is 1. The largest absolute Gasteiger partial charge is 0.481 e. The van der Waals surface area contributed by atoms with Gasteiger partial charge in [0.05, 0.1) is 5.92 Å². The fourth-order valence-corrected chi connectivity index (χ4v) is 2.33. The number of urea groups is 1. The summed E-state index contributed by atoms with van der Waals surface area (Å²) in [7, 11) is 0. The lowest BCUT2D eigenvalue weighted by atomic mass is 9.96. The molecule has 2 unspecified atom stereocenters. The molecular weight excluding hydrogens is 232 g/mol. The molecule has 0 aromatic heterocycles. The highest BCUT2D eigenvalue weighted by Crippen LogP contribution is 2.25. The highest BCUT2D eigenvalue weighted by Gasteiger charge is 2.34. The van der Waals surface area contributed by atoms with Gasteiger partial charge in [0, 0.05) is 11.6 Å². The van der Waals surface area contributed by atoms with Crippen LogP contribution in [0.25, 0.3) is 0 Å². The lowest BCUT2D eigenvalue weighted by molar-refractivity contribution is -0.142. The van der Waals surface area contributed by atoms with E-state index in [0.717, 1.165) is 25.7 Å². The van der Waals surface area contributed by atoms with Crippen LogP contribution in [0.5, 0.6) is 0 Å². The van der Waals surface area contributed by atoms with Gasteiger partial charge in [0.25, 0.3) is 0 Å². The van der Waals surface area contributed by atoms with Gasteiger partial charge in [-0.2, -0.15) is 0 Å². The summed E-state index contributed by atoms with van der Waals surface area (Å²) in [6.45, 7) is 6.05. The normalized spacial score (nSPS) is 23.7. The van der Waals surface area contributed by atoms with Crippen molar-refractivity contribution in [1.29, 1.82) is 0 Å². The molecule has 1 fully saturated rings. The average molecular weight is 256 g/mol. The first-order valence-corrected chi connectivity index (χ1v) is 6.73. The Morgan fingerprint density at radius 2 is 1.89 bits per heavy atom. The van der Waals surface area contributed by atoms with Crippen LogP contribution in [0, 0.1) is 5.92 Å². The molecule has 0 saturated heterocycles. The van der Waals surface area contributed by atoms with Crippen molar-refractivity contribution in [1.82, 2.24) is 10.6 Å². The molecule has 0 aliphatic heterocycles. The molecule has 5 nitrogen and oxygen atoms in total. The quantitative estimate of drug-likeness (QED) is 0.705. The number of hydrogen-bond acceptors (Lipinski definition) is 2. The van der Waals surface area contributed by atoms with Gasteiger partial charge >= 0.3 is 12.0 Å². The molecule has 0 radical (unpaired) electrons. The van der Waals surface area contributed by atoms with Crippen molar-refractivity contribution < 1.29 is 14.7 Å². The second kappa shape index (κ2) is 6.07. The van der Waals surface area contributed by atoms with Crippen LogP contribution in [0.4, 0.5) is 4.79 Å². The predicted octanol–water partition coefficient (Wildman–Crippen LogP) is 2.12. The van der Waals surface area contributed by atoms with Crippen molar-refractivity contribution >= 4 is 12.0 Å². The molecular formula is C13H24N2O3. The van der Waals surface area contributed by atoms with E-state index in [1.54, 1.807) is 0 Å². The molecule has 1 rings (SSSR count). The van der Waals surface area contributed by atoms with Gasteiger partial charge in [0.15, 0.2) is 0 Å². The van der Waals surface area contributed by atoms with Crippen LogP contribution in [-0.4, -0.2) is 28.7 Å². The first kappa shape index (κ1) is 14.8. The maximum Gasteiger partial charge on any atom is 0.315 e. The van der Waals surface area contributed by atoms with Crippen LogP contribution >= 0.6 is 0 Å². The van der Waals surface area contributed by atoms with Gasteiger partial charge < -0.3 is 15.7 Å². The Bertz CT molecular complexity index is 313. The van der Waals surface area contributed by atoms with Gasteiger partial charge in [-0.3, -0.25) is 4.79 Å². The molecule has 2 atom stereocenters. The number of rotatable bonds is 5. The van der Waals surface area contributed by atoms with Crippen molar-refractivity contribution in [3.8, 4) is 0 Å². The topological polar surface area (TPSA) is 78.4 Å². The third kappa shape index (κ3) is 3.62. The Morgan fingerprint density at radius 1 is 1.28 bits per heavy atom. The molecule has 0 aromatic carbocycles. The fourth-order valence-electron chi connectivity index (χ4n) is 2.33. The van der Waals surface area contributed by atoms with E-state index in [9.17, 15) is 9.59 Å². The summed E-state index contributed by atoms with van der Waals surface area (Å²) >= 11 is 0. The number of carbonyl (C=O) groups excluding carboxylic acids is 1. The van der Waals surface area contributed by atoms with Crippen LogP contribution in [0.2, 0.25) is 0 Å². The molecule has 18 heavy (non-hydrogen) atoms. The zero-order valence-corrected chi connectivity index (χ0v) is 11.5. The molecule has 0 heterocycles. The molecule has 0 bridgehead atoms. The number of hydrogen-bond donors (Lipinski definition) is 3. The van der Waals surface area contributed by atoms with E-state index in [0.29, 0.717) is 6.42 Å². The van der Waals surface area contributed by atoms with Crippen LogP contribution in [0.15, 0.2) is 0 Å². The maximum atomic E-state index is 11.9. The standard InChI is InChI=1S/C13H24N2O3/c1-4-13(3,5-2)15-12(18)14-10-8-6-7-9(10)11(16)17/h9-10H,4-8H2,1-3H3,(H,16,17)(H2,14,15,18). The SMILES string of the molecule is CCC(C)(CC)NC(=O)NC1CCCC1C(=O)O. The van der Waals surface area contributed by atoms with E-state index in [2.05, 4.69) is 10.6 Å². The van der Waals surface area contributed by atoms with Crippen LogP contribution in [-0.2, 0) is 4.79 Å². The fraction of sp³-hybridized carbons (Fsp3) is 0.846. The number of carboxylic acids is 1. The van der Waals surface area contributed by atoms with E-state index < -0.39 is 11.9 Å². The Balaban J connectivity index is 2.52. The van der Waals surface area contributed by atoms with E-state index in [1.807, 2.05) is 20.8 Å². The van der Waals surface area contributed by atoms with Crippen molar-refractivity contribution in [2.75, 3.05) is 0 Å². The minimum atomic E-state index is -0.813. The third-order valence-electron chi connectivity index (χ3n) is 4.13. The Kier molecular flexibility index (Phi) is 4.99. The molecule has 104 valence electrons. The summed E-state index contributed by atoms with van der Waals surface area (Å²) < 4.78 is 0. The minimum Gasteiger partial charge on any atom is -0.481 e. The van der Waals surface area contributed by atoms with Gasteiger partial charge in [0.2, 0.25) is 0 Å². The lowest BCUT2D eigenvalue weighted by Crippen LogP contribution is -2.53. The summed E-state index contributed by atoms with van der Waals surface area (Å²) in [6, 6.07) is -0.486. The van der Waals surface area contributed by atoms with Crippen LogP contribution < -0.4 is 10.6 Å². The van der Waals surface area contributed by atoms with E-state index in [4.69, 9.17) is 5.11 Å². The summed E-state index contributed by atoms with van der Waals surface area (Å²) in [5.74, 6) is -1.25. The van der Waals surface area contributed by atoms with Gasteiger partial charge in [0.1, 0.15) is 0 Å². The highest BCUT2D eigenvalue weighted by molar-refractivity contribution is 5.77. The molecule has 0 aromatic rings. The predicted molar refractivity (Wildman–Crippen MR) is 69.4 cm³/mol. The van der Waals surface area contributed by atoms with Gasteiger partial charge in [-0.15, -0.1) is 0 Å².